The molecule has 5 nitrogen and oxygen atoms in total. The van der Waals surface area contributed by atoms with Crippen molar-refractivity contribution < 1.29 is 9.47 Å². The molecule has 0 saturated heterocycles. The average Bonchev–Trinajstić information content (AvgIpc) is 2.79. The van der Waals surface area contributed by atoms with Crippen LogP contribution in [0.4, 0.5) is 5.13 Å². The molecule has 96 valence electrons. The number of anilines is 1. The van der Waals surface area contributed by atoms with Gasteiger partial charge in [0.1, 0.15) is 5.01 Å². The number of nitrogens with zero attached hydrogens (tertiary/aromatic N) is 2. The van der Waals surface area contributed by atoms with Crippen molar-refractivity contribution in [2.45, 2.75) is 13.8 Å². The fourth-order valence-electron chi connectivity index (χ4n) is 1.54. The minimum atomic E-state index is 0.455. The zero-order valence-corrected chi connectivity index (χ0v) is 11.2. The Bertz CT molecular complexity index is 528. The third kappa shape index (κ3) is 2.70. The molecule has 0 amide bonds. The van der Waals surface area contributed by atoms with Crippen molar-refractivity contribution in [3.05, 3.63) is 18.2 Å². The molecule has 1 aromatic carbocycles. The maximum atomic E-state index is 5.58. The van der Waals surface area contributed by atoms with Crippen molar-refractivity contribution >= 4 is 16.5 Å². The second kappa shape index (κ2) is 5.68. The van der Waals surface area contributed by atoms with E-state index in [0.29, 0.717) is 24.1 Å². The molecule has 2 rings (SSSR count). The Morgan fingerprint density at radius 1 is 1.11 bits per heavy atom. The van der Waals surface area contributed by atoms with Gasteiger partial charge >= 0.3 is 0 Å². The van der Waals surface area contributed by atoms with Gasteiger partial charge in [-0.05, 0) is 32.0 Å². The van der Waals surface area contributed by atoms with E-state index in [1.54, 1.807) is 0 Å². The number of benzene rings is 1. The van der Waals surface area contributed by atoms with Crippen LogP contribution in [0.5, 0.6) is 11.5 Å². The largest absolute Gasteiger partial charge is 0.490 e. The van der Waals surface area contributed by atoms with Crippen LogP contribution in [0, 0.1) is 0 Å². The number of hydrogen-bond donors (Lipinski definition) is 1. The van der Waals surface area contributed by atoms with Crippen molar-refractivity contribution in [1.29, 1.82) is 0 Å². The Balaban J connectivity index is 2.35. The van der Waals surface area contributed by atoms with Gasteiger partial charge in [0, 0.05) is 5.56 Å². The van der Waals surface area contributed by atoms with Crippen LogP contribution in [0.15, 0.2) is 18.2 Å². The molecule has 6 heteroatoms. The fourth-order valence-corrected chi connectivity index (χ4v) is 2.14. The van der Waals surface area contributed by atoms with Crippen LogP contribution in [0.25, 0.3) is 10.6 Å². The molecule has 0 aliphatic rings. The van der Waals surface area contributed by atoms with Crippen LogP contribution < -0.4 is 15.2 Å². The second-order valence-electron chi connectivity index (χ2n) is 3.47. The van der Waals surface area contributed by atoms with Crippen LogP contribution in [0.3, 0.4) is 0 Å². The summed E-state index contributed by atoms with van der Waals surface area (Å²) in [4.78, 5) is 0. The van der Waals surface area contributed by atoms with Gasteiger partial charge in [0.05, 0.1) is 13.2 Å². The third-order valence-corrected chi connectivity index (χ3v) is 3.03. The first-order valence-corrected chi connectivity index (χ1v) is 6.55. The number of nitrogens with two attached hydrogens (primary N) is 1. The summed E-state index contributed by atoms with van der Waals surface area (Å²) in [5.41, 5.74) is 6.51. The van der Waals surface area contributed by atoms with Crippen LogP contribution in [0.2, 0.25) is 0 Å². The SMILES string of the molecule is CCOc1ccc(-c2nnc(N)s2)cc1OCC. The topological polar surface area (TPSA) is 70.3 Å². The highest BCUT2D eigenvalue weighted by Gasteiger charge is 2.10. The summed E-state index contributed by atoms with van der Waals surface area (Å²) < 4.78 is 11.1. The molecule has 0 aliphatic heterocycles. The molecule has 0 aliphatic carbocycles. The van der Waals surface area contributed by atoms with Crippen LogP contribution in [0.1, 0.15) is 13.8 Å². The Labute approximate surface area is 110 Å². The Hall–Kier alpha value is -1.82. The van der Waals surface area contributed by atoms with Gasteiger partial charge in [-0.1, -0.05) is 11.3 Å². The first-order chi connectivity index (χ1) is 8.74. The van der Waals surface area contributed by atoms with E-state index in [2.05, 4.69) is 10.2 Å². The highest BCUT2D eigenvalue weighted by atomic mass is 32.1. The van der Waals surface area contributed by atoms with Crippen molar-refractivity contribution in [2.24, 2.45) is 0 Å². The summed E-state index contributed by atoms with van der Waals surface area (Å²) in [6, 6.07) is 5.70. The third-order valence-electron chi connectivity index (χ3n) is 2.23. The Morgan fingerprint density at radius 3 is 2.44 bits per heavy atom. The lowest BCUT2D eigenvalue weighted by Gasteiger charge is -2.11. The number of ether oxygens (including phenoxy) is 2. The van der Waals surface area contributed by atoms with E-state index in [1.807, 2.05) is 32.0 Å². The van der Waals surface area contributed by atoms with E-state index < -0.39 is 0 Å². The molecule has 0 spiro atoms. The smallest absolute Gasteiger partial charge is 0.203 e. The first kappa shape index (κ1) is 12.6. The monoisotopic (exact) mass is 265 g/mol. The van der Waals surface area contributed by atoms with Gasteiger partial charge in [0.25, 0.3) is 0 Å². The lowest BCUT2D eigenvalue weighted by atomic mass is 10.2. The van der Waals surface area contributed by atoms with E-state index in [4.69, 9.17) is 15.2 Å². The van der Waals surface area contributed by atoms with E-state index in [9.17, 15) is 0 Å². The number of aromatic nitrogens is 2. The van der Waals surface area contributed by atoms with Gasteiger partial charge in [-0.2, -0.15) is 0 Å². The summed E-state index contributed by atoms with van der Waals surface area (Å²) in [5.74, 6) is 1.45. The highest BCUT2D eigenvalue weighted by molar-refractivity contribution is 7.18. The maximum absolute atomic E-state index is 5.58. The van der Waals surface area contributed by atoms with Gasteiger partial charge in [0.2, 0.25) is 5.13 Å². The molecule has 0 radical (unpaired) electrons. The Morgan fingerprint density at radius 2 is 1.83 bits per heavy atom. The van der Waals surface area contributed by atoms with E-state index in [-0.39, 0.29) is 0 Å². The summed E-state index contributed by atoms with van der Waals surface area (Å²) in [6.45, 7) is 5.06. The molecule has 0 atom stereocenters. The zero-order chi connectivity index (χ0) is 13.0. The highest BCUT2D eigenvalue weighted by Crippen LogP contribution is 2.34. The standard InChI is InChI=1S/C12H15N3O2S/c1-3-16-9-6-5-8(7-10(9)17-4-2)11-14-15-12(13)18-11/h5-7H,3-4H2,1-2H3,(H2,13,15). The number of rotatable bonds is 5. The molecular formula is C12H15N3O2S. The zero-order valence-electron chi connectivity index (χ0n) is 10.3. The van der Waals surface area contributed by atoms with Crippen molar-refractivity contribution in [3.63, 3.8) is 0 Å². The van der Waals surface area contributed by atoms with E-state index >= 15 is 0 Å². The lowest BCUT2D eigenvalue weighted by Crippen LogP contribution is -1.98. The molecule has 0 unspecified atom stereocenters. The van der Waals surface area contributed by atoms with Crippen molar-refractivity contribution in [1.82, 2.24) is 10.2 Å². The predicted octanol–water partition coefficient (Wildman–Crippen LogP) is 2.58. The molecule has 2 N–H and O–H groups in total. The fraction of sp³-hybridized carbons (Fsp3) is 0.333. The average molecular weight is 265 g/mol. The molecule has 0 bridgehead atoms. The molecule has 1 aromatic heterocycles. The quantitative estimate of drug-likeness (QED) is 0.899. The van der Waals surface area contributed by atoms with Gasteiger partial charge in [-0.3, -0.25) is 0 Å². The minimum Gasteiger partial charge on any atom is -0.490 e. The molecule has 2 aromatic rings. The summed E-state index contributed by atoms with van der Waals surface area (Å²) >= 11 is 1.35. The lowest BCUT2D eigenvalue weighted by molar-refractivity contribution is 0.288. The van der Waals surface area contributed by atoms with Crippen LogP contribution >= 0.6 is 11.3 Å². The van der Waals surface area contributed by atoms with Gasteiger partial charge in [-0.15, -0.1) is 10.2 Å². The minimum absolute atomic E-state index is 0.455. The predicted molar refractivity (Wildman–Crippen MR) is 72.1 cm³/mol. The van der Waals surface area contributed by atoms with Gasteiger partial charge in [0.15, 0.2) is 11.5 Å². The Kier molecular flexibility index (Phi) is 3.99. The second-order valence-corrected chi connectivity index (χ2v) is 4.48. The van der Waals surface area contributed by atoms with Gasteiger partial charge < -0.3 is 15.2 Å². The molecule has 18 heavy (non-hydrogen) atoms. The molecular weight excluding hydrogens is 250 g/mol. The van der Waals surface area contributed by atoms with Gasteiger partial charge in [-0.25, -0.2) is 0 Å². The molecule has 1 heterocycles. The summed E-state index contributed by atoms with van der Waals surface area (Å²) in [7, 11) is 0. The molecule has 0 fully saturated rings. The van der Waals surface area contributed by atoms with E-state index in [1.165, 1.54) is 11.3 Å². The van der Waals surface area contributed by atoms with E-state index in [0.717, 1.165) is 16.3 Å². The number of nitrogen functional groups attached to an aromatic ring is 1. The maximum Gasteiger partial charge on any atom is 0.203 e. The van der Waals surface area contributed by atoms with Crippen molar-refractivity contribution in [3.8, 4) is 22.1 Å². The van der Waals surface area contributed by atoms with Crippen molar-refractivity contribution in [2.75, 3.05) is 18.9 Å². The van der Waals surface area contributed by atoms with Crippen LogP contribution in [-0.2, 0) is 0 Å². The number of hydrogen-bond acceptors (Lipinski definition) is 6. The first-order valence-electron chi connectivity index (χ1n) is 5.73. The summed E-state index contributed by atoms with van der Waals surface area (Å²) in [6.07, 6.45) is 0. The molecule has 0 saturated carbocycles. The normalized spacial score (nSPS) is 10.3. The van der Waals surface area contributed by atoms with Crippen LogP contribution in [-0.4, -0.2) is 23.4 Å². The summed E-state index contributed by atoms with van der Waals surface area (Å²) in [5, 5.41) is 9.04.